The van der Waals surface area contributed by atoms with Crippen molar-refractivity contribution in [1.29, 1.82) is 0 Å². The average Bonchev–Trinajstić information content (AvgIpc) is 2.39. The first-order chi connectivity index (χ1) is 8.22. The van der Waals surface area contributed by atoms with Gasteiger partial charge in [-0.25, -0.2) is 0 Å². The summed E-state index contributed by atoms with van der Waals surface area (Å²) in [6.07, 6.45) is 4.71. The topological polar surface area (TPSA) is 61.0 Å². The zero-order valence-electron chi connectivity index (χ0n) is 10.4. The molecule has 1 aliphatic heterocycles. The van der Waals surface area contributed by atoms with E-state index in [0.717, 1.165) is 48.4 Å². The van der Waals surface area contributed by atoms with E-state index in [0.29, 0.717) is 0 Å². The van der Waals surface area contributed by atoms with Gasteiger partial charge in [0.15, 0.2) is 0 Å². The van der Waals surface area contributed by atoms with Gasteiger partial charge in [-0.15, -0.1) is 0 Å². The highest BCUT2D eigenvalue weighted by Crippen LogP contribution is 2.27. The molecule has 0 aromatic carbocycles. The van der Waals surface area contributed by atoms with Gasteiger partial charge in [-0.1, -0.05) is 6.92 Å². The Kier molecular flexibility index (Phi) is 3.74. The highest BCUT2D eigenvalue weighted by molar-refractivity contribution is 5.31. The fraction of sp³-hybridized carbons (Fsp3) is 0.538. The molecule has 0 spiro atoms. The molecule has 17 heavy (non-hydrogen) atoms. The number of aryl methyl sites for hydroxylation is 2. The van der Waals surface area contributed by atoms with Gasteiger partial charge in [0, 0.05) is 0 Å². The highest BCUT2D eigenvalue weighted by atomic mass is 16.5. The van der Waals surface area contributed by atoms with Gasteiger partial charge < -0.3 is 10.5 Å². The molecule has 2 N–H and O–H groups in total. The molecule has 1 aliphatic rings. The second kappa shape index (κ2) is 5.27. The molecule has 2 rings (SSSR count). The van der Waals surface area contributed by atoms with Crippen molar-refractivity contribution in [2.24, 2.45) is 5.73 Å². The fourth-order valence-electron chi connectivity index (χ4n) is 2.09. The molecule has 0 fully saturated rings. The summed E-state index contributed by atoms with van der Waals surface area (Å²) < 4.78 is 5.35. The first-order valence-electron chi connectivity index (χ1n) is 6.11. The maximum Gasteiger partial charge on any atom is 0.0876 e. The van der Waals surface area contributed by atoms with Gasteiger partial charge in [0.05, 0.1) is 30.3 Å². The summed E-state index contributed by atoms with van der Waals surface area (Å²) in [6, 6.07) is 1.92. The van der Waals surface area contributed by atoms with Crippen LogP contribution < -0.4 is 5.73 Å². The van der Waals surface area contributed by atoms with Crippen molar-refractivity contribution in [3.8, 4) is 0 Å². The lowest BCUT2D eigenvalue weighted by Crippen LogP contribution is -2.19. The van der Waals surface area contributed by atoms with Gasteiger partial charge >= 0.3 is 0 Å². The van der Waals surface area contributed by atoms with Crippen molar-refractivity contribution in [3.05, 3.63) is 34.9 Å². The maximum atomic E-state index is 6.30. The van der Waals surface area contributed by atoms with E-state index in [2.05, 4.69) is 17.1 Å². The third kappa shape index (κ3) is 2.64. The van der Waals surface area contributed by atoms with Gasteiger partial charge in [0.1, 0.15) is 0 Å². The number of rotatable bonds is 3. The number of ether oxygens (including phenoxy) is 1. The molecule has 4 nitrogen and oxygen atoms in total. The summed E-state index contributed by atoms with van der Waals surface area (Å²) in [7, 11) is 0. The normalized spacial score (nSPS) is 17.2. The van der Waals surface area contributed by atoms with Gasteiger partial charge in [0.2, 0.25) is 0 Å². The zero-order valence-corrected chi connectivity index (χ0v) is 10.4. The molecule has 0 saturated carbocycles. The maximum absolute atomic E-state index is 6.30. The van der Waals surface area contributed by atoms with Crippen LogP contribution in [0.15, 0.2) is 17.9 Å². The van der Waals surface area contributed by atoms with Crippen molar-refractivity contribution >= 4 is 0 Å². The Morgan fingerprint density at radius 2 is 2.29 bits per heavy atom. The van der Waals surface area contributed by atoms with Crippen molar-refractivity contribution < 1.29 is 4.74 Å². The van der Waals surface area contributed by atoms with Crippen LogP contribution in [0.5, 0.6) is 0 Å². The Morgan fingerprint density at radius 1 is 1.47 bits per heavy atom. The SMILES string of the molecule is CCc1nnc(C)cc1C(N)C1=COCCC1. The van der Waals surface area contributed by atoms with E-state index < -0.39 is 0 Å². The second-order valence-electron chi connectivity index (χ2n) is 4.39. The van der Waals surface area contributed by atoms with Crippen LogP contribution >= 0.6 is 0 Å². The van der Waals surface area contributed by atoms with Crippen molar-refractivity contribution in [3.63, 3.8) is 0 Å². The van der Waals surface area contributed by atoms with Crippen molar-refractivity contribution in [2.75, 3.05) is 6.61 Å². The molecule has 0 amide bonds. The summed E-state index contributed by atoms with van der Waals surface area (Å²) in [4.78, 5) is 0. The fourth-order valence-corrected chi connectivity index (χ4v) is 2.09. The number of nitrogens with two attached hydrogens (primary N) is 1. The Labute approximate surface area is 102 Å². The summed E-state index contributed by atoms with van der Waals surface area (Å²) in [5, 5.41) is 8.30. The molecule has 1 unspecified atom stereocenters. The molecule has 4 heteroatoms. The minimum atomic E-state index is -0.112. The molecule has 1 atom stereocenters. The highest BCUT2D eigenvalue weighted by Gasteiger charge is 2.18. The molecule has 1 aromatic rings. The lowest BCUT2D eigenvalue weighted by atomic mass is 9.94. The summed E-state index contributed by atoms with van der Waals surface area (Å²) in [6.45, 7) is 4.81. The third-order valence-corrected chi connectivity index (χ3v) is 3.06. The minimum absolute atomic E-state index is 0.112. The summed E-state index contributed by atoms with van der Waals surface area (Å²) in [5.41, 5.74) is 10.4. The van der Waals surface area contributed by atoms with E-state index in [4.69, 9.17) is 10.5 Å². The quantitative estimate of drug-likeness (QED) is 0.868. The number of hydrogen-bond donors (Lipinski definition) is 1. The smallest absolute Gasteiger partial charge is 0.0876 e. The van der Waals surface area contributed by atoms with Crippen LogP contribution in [-0.2, 0) is 11.2 Å². The summed E-state index contributed by atoms with van der Waals surface area (Å²) >= 11 is 0. The lowest BCUT2D eigenvalue weighted by molar-refractivity contribution is 0.221. The lowest BCUT2D eigenvalue weighted by Gasteiger charge is -2.21. The molecule has 92 valence electrons. The van der Waals surface area contributed by atoms with Crippen LogP contribution in [0.25, 0.3) is 0 Å². The predicted octanol–water partition coefficient (Wildman–Crippen LogP) is 2.04. The molecule has 0 aliphatic carbocycles. The Balaban J connectivity index is 2.31. The molecule has 0 bridgehead atoms. The van der Waals surface area contributed by atoms with Crippen LogP contribution in [-0.4, -0.2) is 16.8 Å². The number of hydrogen-bond acceptors (Lipinski definition) is 4. The largest absolute Gasteiger partial charge is 0.501 e. The van der Waals surface area contributed by atoms with Crippen LogP contribution in [0.1, 0.15) is 42.8 Å². The van der Waals surface area contributed by atoms with Gasteiger partial charge in [-0.3, -0.25) is 0 Å². The molecule has 2 heterocycles. The van der Waals surface area contributed by atoms with Crippen molar-refractivity contribution in [2.45, 2.75) is 39.2 Å². The monoisotopic (exact) mass is 233 g/mol. The van der Waals surface area contributed by atoms with E-state index in [-0.39, 0.29) is 6.04 Å². The Bertz CT molecular complexity index is 429. The first kappa shape index (κ1) is 12.0. The van der Waals surface area contributed by atoms with E-state index >= 15 is 0 Å². The average molecular weight is 233 g/mol. The first-order valence-corrected chi connectivity index (χ1v) is 6.11. The summed E-state index contributed by atoms with van der Waals surface area (Å²) in [5.74, 6) is 0. The second-order valence-corrected chi connectivity index (χ2v) is 4.39. The Morgan fingerprint density at radius 3 is 2.94 bits per heavy atom. The van der Waals surface area contributed by atoms with Gasteiger partial charge in [-0.05, 0) is 43.4 Å². The number of aromatic nitrogens is 2. The predicted molar refractivity (Wildman–Crippen MR) is 66.3 cm³/mol. The van der Waals surface area contributed by atoms with Gasteiger partial charge in [0.25, 0.3) is 0 Å². The van der Waals surface area contributed by atoms with Gasteiger partial charge in [-0.2, -0.15) is 10.2 Å². The van der Waals surface area contributed by atoms with Crippen LogP contribution in [0.2, 0.25) is 0 Å². The number of nitrogens with zero attached hydrogens (tertiary/aromatic N) is 2. The molecule has 0 saturated heterocycles. The van der Waals surface area contributed by atoms with E-state index in [1.54, 1.807) is 0 Å². The molecular formula is C13H19N3O. The van der Waals surface area contributed by atoms with Crippen LogP contribution in [0, 0.1) is 6.92 Å². The Hall–Kier alpha value is -1.42. The van der Waals surface area contributed by atoms with E-state index in [9.17, 15) is 0 Å². The molecular weight excluding hydrogens is 214 g/mol. The minimum Gasteiger partial charge on any atom is -0.501 e. The van der Waals surface area contributed by atoms with Crippen LogP contribution in [0.3, 0.4) is 0 Å². The zero-order chi connectivity index (χ0) is 12.3. The molecule has 0 radical (unpaired) electrons. The van der Waals surface area contributed by atoms with E-state index in [1.807, 2.05) is 19.3 Å². The molecule has 1 aromatic heterocycles. The standard InChI is InChI=1S/C13H19N3O/c1-3-12-11(7-9(2)15-16-12)13(14)10-5-4-6-17-8-10/h7-8,13H,3-6,14H2,1-2H3. The van der Waals surface area contributed by atoms with Crippen LogP contribution in [0.4, 0.5) is 0 Å². The third-order valence-electron chi connectivity index (χ3n) is 3.06. The van der Waals surface area contributed by atoms with Crippen molar-refractivity contribution in [1.82, 2.24) is 10.2 Å². The van der Waals surface area contributed by atoms with E-state index in [1.165, 1.54) is 0 Å².